The fourth-order valence-corrected chi connectivity index (χ4v) is 2.57. The summed E-state index contributed by atoms with van der Waals surface area (Å²) in [5, 5.41) is 1.13. The van der Waals surface area contributed by atoms with E-state index in [1.165, 1.54) is 0 Å². The smallest absolute Gasteiger partial charge is 0.123 e. The van der Waals surface area contributed by atoms with Crippen molar-refractivity contribution in [3.8, 4) is 0 Å². The molecule has 1 saturated heterocycles. The van der Waals surface area contributed by atoms with E-state index in [0.29, 0.717) is 10.0 Å². The average molecular weight is 259 g/mol. The Bertz CT molecular complexity index is 369. The zero-order valence-electron chi connectivity index (χ0n) is 8.70. The molecule has 1 fully saturated rings. The average Bonchev–Trinajstić information content (AvgIpc) is 2.30. The van der Waals surface area contributed by atoms with Crippen molar-refractivity contribution < 1.29 is 4.79 Å². The van der Waals surface area contributed by atoms with Gasteiger partial charge < -0.3 is 9.69 Å². The van der Waals surface area contributed by atoms with Crippen LogP contribution in [0.3, 0.4) is 0 Å². The molecule has 0 saturated carbocycles. The second kappa shape index (κ2) is 5.02. The molecule has 16 heavy (non-hydrogen) atoms. The molecule has 0 aliphatic carbocycles. The summed E-state index contributed by atoms with van der Waals surface area (Å²) in [6, 6.07) is 0. The summed E-state index contributed by atoms with van der Waals surface area (Å²) in [5.74, 6) is 0.177. The molecule has 0 radical (unpaired) electrons. The van der Waals surface area contributed by atoms with Crippen molar-refractivity contribution >= 4 is 35.2 Å². The van der Waals surface area contributed by atoms with Gasteiger partial charge in [0.25, 0.3) is 0 Å². The minimum Gasteiger partial charge on any atom is -0.369 e. The van der Waals surface area contributed by atoms with Crippen LogP contribution >= 0.6 is 23.2 Å². The zero-order chi connectivity index (χ0) is 11.5. The predicted molar refractivity (Wildman–Crippen MR) is 65.3 cm³/mol. The molecule has 0 unspecified atom stereocenters. The third-order valence-corrected chi connectivity index (χ3v) is 3.43. The van der Waals surface area contributed by atoms with E-state index in [-0.39, 0.29) is 5.92 Å². The minimum atomic E-state index is 0.177. The van der Waals surface area contributed by atoms with Crippen molar-refractivity contribution in [3.63, 3.8) is 0 Å². The highest BCUT2D eigenvalue weighted by Crippen LogP contribution is 2.34. The summed E-state index contributed by atoms with van der Waals surface area (Å²) in [7, 11) is 0. The van der Waals surface area contributed by atoms with Gasteiger partial charge in [0.2, 0.25) is 0 Å². The number of piperidine rings is 1. The molecule has 2 heterocycles. The number of aldehydes is 1. The van der Waals surface area contributed by atoms with Gasteiger partial charge in [-0.05, 0) is 12.8 Å². The van der Waals surface area contributed by atoms with Crippen molar-refractivity contribution in [2.45, 2.75) is 12.8 Å². The number of anilines is 1. The standard InChI is InChI=1S/C11H12Cl2N2O/c12-9-5-14-6-10(13)11(9)15-3-1-8(7-16)2-4-15/h5-8H,1-4H2. The molecule has 0 spiro atoms. The molecule has 0 N–H and O–H groups in total. The summed E-state index contributed by atoms with van der Waals surface area (Å²) in [5.41, 5.74) is 0.836. The maximum Gasteiger partial charge on any atom is 0.123 e. The molecule has 0 amide bonds. The maximum absolute atomic E-state index is 10.7. The Morgan fingerprint density at radius 3 is 2.31 bits per heavy atom. The van der Waals surface area contributed by atoms with Crippen LogP contribution in [0, 0.1) is 5.92 Å². The summed E-state index contributed by atoms with van der Waals surface area (Å²) in [6.07, 6.45) is 5.94. The molecule has 1 aliphatic heterocycles. The van der Waals surface area contributed by atoms with Crippen LogP contribution in [0.2, 0.25) is 10.0 Å². The van der Waals surface area contributed by atoms with Gasteiger partial charge in [-0.3, -0.25) is 4.98 Å². The van der Waals surface area contributed by atoms with Gasteiger partial charge in [0.05, 0.1) is 15.7 Å². The number of halogens is 2. The van der Waals surface area contributed by atoms with Crippen LogP contribution < -0.4 is 4.90 Å². The van der Waals surface area contributed by atoms with E-state index >= 15 is 0 Å². The van der Waals surface area contributed by atoms with Crippen LogP contribution in [-0.2, 0) is 4.79 Å². The molecule has 86 valence electrons. The van der Waals surface area contributed by atoms with Gasteiger partial charge in [-0.25, -0.2) is 0 Å². The van der Waals surface area contributed by atoms with Crippen molar-refractivity contribution in [1.29, 1.82) is 0 Å². The first kappa shape index (κ1) is 11.7. The van der Waals surface area contributed by atoms with Crippen LogP contribution in [0.15, 0.2) is 12.4 Å². The Labute approximate surface area is 104 Å². The highest BCUT2D eigenvalue weighted by atomic mass is 35.5. The molecule has 0 aromatic carbocycles. The number of hydrogen-bond acceptors (Lipinski definition) is 3. The van der Waals surface area contributed by atoms with Crippen LogP contribution in [0.1, 0.15) is 12.8 Å². The minimum absolute atomic E-state index is 0.177. The van der Waals surface area contributed by atoms with Gasteiger partial charge in [0, 0.05) is 31.4 Å². The van der Waals surface area contributed by atoms with Crippen LogP contribution in [0.25, 0.3) is 0 Å². The Balaban J connectivity index is 2.17. The number of aromatic nitrogens is 1. The Morgan fingerprint density at radius 2 is 1.81 bits per heavy atom. The first-order valence-electron chi connectivity index (χ1n) is 5.21. The highest BCUT2D eigenvalue weighted by molar-refractivity contribution is 6.38. The summed E-state index contributed by atoms with van der Waals surface area (Å²) >= 11 is 12.1. The van der Waals surface area contributed by atoms with E-state index in [4.69, 9.17) is 23.2 Å². The van der Waals surface area contributed by atoms with Gasteiger partial charge in [0.15, 0.2) is 0 Å². The van der Waals surface area contributed by atoms with Gasteiger partial charge in [-0.1, -0.05) is 23.2 Å². The second-order valence-electron chi connectivity index (χ2n) is 3.91. The van der Waals surface area contributed by atoms with Gasteiger partial charge in [-0.15, -0.1) is 0 Å². The van der Waals surface area contributed by atoms with E-state index in [2.05, 4.69) is 9.88 Å². The summed E-state index contributed by atoms with van der Waals surface area (Å²) in [6.45, 7) is 1.62. The monoisotopic (exact) mass is 258 g/mol. The van der Waals surface area contributed by atoms with E-state index in [0.717, 1.165) is 37.9 Å². The predicted octanol–water partition coefficient (Wildman–Crippen LogP) is 2.80. The van der Waals surface area contributed by atoms with Gasteiger partial charge >= 0.3 is 0 Å². The molecule has 1 aliphatic rings. The topological polar surface area (TPSA) is 33.2 Å². The highest BCUT2D eigenvalue weighted by Gasteiger charge is 2.22. The van der Waals surface area contributed by atoms with Gasteiger partial charge in [0.1, 0.15) is 6.29 Å². The lowest BCUT2D eigenvalue weighted by molar-refractivity contribution is -0.111. The molecule has 2 rings (SSSR count). The third-order valence-electron chi connectivity index (χ3n) is 2.88. The van der Waals surface area contributed by atoms with Gasteiger partial charge in [-0.2, -0.15) is 0 Å². The molecular weight excluding hydrogens is 247 g/mol. The quantitative estimate of drug-likeness (QED) is 0.766. The lowest BCUT2D eigenvalue weighted by Gasteiger charge is -2.32. The second-order valence-corrected chi connectivity index (χ2v) is 4.73. The number of nitrogens with zero attached hydrogens (tertiary/aromatic N) is 2. The first-order valence-corrected chi connectivity index (χ1v) is 5.97. The zero-order valence-corrected chi connectivity index (χ0v) is 10.2. The van der Waals surface area contributed by atoms with Crippen LogP contribution in [-0.4, -0.2) is 24.4 Å². The molecule has 1 aromatic rings. The number of pyridine rings is 1. The Kier molecular flexibility index (Phi) is 3.66. The van der Waals surface area contributed by atoms with Crippen molar-refractivity contribution in [2.75, 3.05) is 18.0 Å². The maximum atomic E-state index is 10.7. The van der Waals surface area contributed by atoms with E-state index < -0.39 is 0 Å². The fraction of sp³-hybridized carbons (Fsp3) is 0.455. The lowest BCUT2D eigenvalue weighted by Crippen LogP contribution is -2.34. The number of hydrogen-bond donors (Lipinski definition) is 0. The van der Waals surface area contributed by atoms with Crippen molar-refractivity contribution in [2.24, 2.45) is 5.92 Å². The number of carbonyl (C=O) groups excluding carboxylic acids is 1. The van der Waals surface area contributed by atoms with E-state index in [1.54, 1.807) is 12.4 Å². The van der Waals surface area contributed by atoms with Crippen LogP contribution in [0.5, 0.6) is 0 Å². The fourth-order valence-electron chi connectivity index (χ4n) is 1.97. The Hall–Kier alpha value is -0.800. The molecule has 0 bridgehead atoms. The SMILES string of the molecule is O=CC1CCN(c2c(Cl)cncc2Cl)CC1. The molecule has 5 heteroatoms. The van der Waals surface area contributed by atoms with Crippen molar-refractivity contribution in [1.82, 2.24) is 4.98 Å². The van der Waals surface area contributed by atoms with Crippen LogP contribution in [0.4, 0.5) is 5.69 Å². The third kappa shape index (κ3) is 2.30. The summed E-state index contributed by atoms with van der Waals surface area (Å²) < 4.78 is 0. The molecule has 1 aromatic heterocycles. The summed E-state index contributed by atoms with van der Waals surface area (Å²) in [4.78, 5) is 16.7. The van der Waals surface area contributed by atoms with E-state index in [9.17, 15) is 4.79 Å². The molecular formula is C11H12Cl2N2O. The van der Waals surface area contributed by atoms with Crippen molar-refractivity contribution in [3.05, 3.63) is 22.4 Å². The number of carbonyl (C=O) groups is 1. The number of rotatable bonds is 2. The normalized spacial score (nSPS) is 17.5. The Morgan fingerprint density at radius 1 is 1.25 bits per heavy atom. The van der Waals surface area contributed by atoms with E-state index in [1.807, 2.05) is 0 Å². The first-order chi connectivity index (χ1) is 7.72. The lowest BCUT2D eigenvalue weighted by atomic mass is 9.98. The largest absolute Gasteiger partial charge is 0.369 e. The molecule has 3 nitrogen and oxygen atoms in total. The molecule has 0 atom stereocenters.